The van der Waals surface area contributed by atoms with Crippen LogP contribution in [-0.4, -0.2) is 13.2 Å². The van der Waals surface area contributed by atoms with E-state index in [-0.39, 0.29) is 6.04 Å². The molecule has 1 atom stereocenters. The van der Waals surface area contributed by atoms with Crippen molar-refractivity contribution in [1.82, 2.24) is 0 Å². The van der Waals surface area contributed by atoms with E-state index in [0.717, 1.165) is 26.1 Å². The molecule has 0 saturated carbocycles. The van der Waals surface area contributed by atoms with Gasteiger partial charge in [-0.2, -0.15) is 11.3 Å². The van der Waals surface area contributed by atoms with E-state index in [4.69, 9.17) is 10.5 Å². The minimum Gasteiger partial charge on any atom is -0.381 e. The summed E-state index contributed by atoms with van der Waals surface area (Å²) in [5.74, 6) is 0.608. The second kappa shape index (κ2) is 4.43. The summed E-state index contributed by atoms with van der Waals surface area (Å²) in [5.41, 5.74) is 8.94. The fraction of sp³-hybridized carbons (Fsp3) is 0.636. The van der Waals surface area contributed by atoms with Crippen LogP contribution in [0.5, 0.6) is 0 Å². The van der Waals surface area contributed by atoms with E-state index in [1.165, 1.54) is 11.1 Å². The lowest BCUT2D eigenvalue weighted by atomic mass is 9.88. The lowest BCUT2D eigenvalue weighted by Crippen LogP contribution is -2.27. The zero-order valence-electron chi connectivity index (χ0n) is 8.53. The maximum Gasteiger partial charge on any atom is 0.0469 e. The van der Waals surface area contributed by atoms with Crippen molar-refractivity contribution in [3.05, 3.63) is 21.9 Å². The third kappa shape index (κ3) is 2.00. The van der Waals surface area contributed by atoms with E-state index >= 15 is 0 Å². The largest absolute Gasteiger partial charge is 0.381 e. The molecule has 1 aliphatic heterocycles. The molecule has 1 aromatic heterocycles. The number of aryl methyl sites for hydroxylation is 1. The molecule has 14 heavy (non-hydrogen) atoms. The maximum absolute atomic E-state index is 6.27. The van der Waals surface area contributed by atoms with Gasteiger partial charge in [0.05, 0.1) is 0 Å². The second-order valence-corrected chi connectivity index (χ2v) is 4.73. The van der Waals surface area contributed by atoms with Crippen molar-refractivity contribution >= 4 is 11.3 Å². The van der Waals surface area contributed by atoms with Crippen molar-refractivity contribution in [2.24, 2.45) is 11.7 Å². The molecule has 0 bridgehead atoms. The van der Waals surface area contributed by atoms with E-state index in [2.05, 4.69) is 17.7 Å². The molecule has 78 valence electrons. The molecule has 2 heterocycles. The summed E-state index contributed by atoms with van der Waals surface area (Å²) in [6, 6.07) is 0.213. The van der Waals surface area contributed by atoms with Crippen molar-refractivity contribution in [2.45, 2.75) is 25.8 Å². The minimum absolute atomic E-state index is 0.213. The highest BCUT2D eigenvalue weighted by atomic mass is 32.1. The molecule has 2 N–H and O–H groups in total. The monoisotopic (exact) mass is 211 g/mol. The first-order valence-corrected chi connectivity index (χ1v) is 6.09. The summed E-state index contributed by atoms with van der Waals surface area (Å²) >= 11 is 1.75. The number of nitrogens with two attached hydrogens (primary N) is 1. The quantitative estimate of drug-likeness (QED) is 0.815. The van der Waals surface area contributed by atoms with Crippen LogP contribution in [0.4, 0.5) is 0 Å². The predicted octanol–water partition coefficient (Wildman–Crippen LogP) is 2.48. The van der Waals surface area contributed by atoms with Gasteiger partial charge >= 0.3 is 0 Å². The van der Waals surface area contributed by atoms with Gasteiger partial charge in [0.1, 0.15) is 0 Å². The van der Waals surface area contributed by atoms with Gasteiger partial charge in [0, 0.05) is 19.3 Å². The molecule has 1 aliphatic rings. The lowest BCUT2D eigenvalue weighted by molar-refractivity contribution is 0.0583. The summed E-state index contributed by atoms with van der Waals surface area (Å²) in [7, 11) is 0. The minimum atomic E-state index is 0.213. The third-order valence-corrected chi connectivity index (χ3v) is 3.91. The average molecular weight is 211 g/mol. The number of rotatable bonds is 2. The van der Waals surface area contributed by atoms with Crippen LogP contribution in [0.25, 0.3) is 0 Å². The molecule has 0 aromatic carbocycles. The summed E-state index contributed by atoms with van der Waals surface area (Å²) in [6.45, 7) is 3.90. The highest BCUT2D eigenvalue weighted by molar-refractivity contribution is 7.08. The van der Waals surface area contributed by atoms with Crippen molar-refractivity contribution in [3.63, 3.8) is 0 Å². The summed E-state index contributed by atoms with van der Waals surface area (Å²) in [6.07, 6.45) is 2.22. The Morgan fingerprint density at radius 3 is 2.71 bits per heavy atom. The predicted molar refractivity (Wildman–Crippen MR) is 59.5 cm³/mol. The van der Waals surface area contributed by atoms with E-state index < -0.39 is 0 Å². The molecule has 0 spiro atoms. The zero-order valence-corrected chi connectivity index (χ0v) is 9.35. The first-order chi connectivity index (χ1) is 6.79. The number of hydrogen-bond donors (Lipinski definition) is 1. The Bertz CT molecular complexity index is 291. The third-order valence-electron chi connectivity index (χ3n) is 3.03. The Hall–Kier alpha value is -0.380. The fourth-order valence-corrected chi connectivity index (χ4v) is 2.94. The molecule has 1 saturated heterocycles. The molecule has 1 fully saturated rings. The number of hydrogen-bond acceptors (Lipinski definition) is 3. The Morgan fingerprint density at radius 1 is 1.43 bits per heavy atom. The first kappa shape index (κ1) is 10.1. The molecule has 2 rings (SSSR count). The average Bonchev–Trinajstić information content (AvgIpc) is 2.65. The van der Waals surface area contributed by atoms with Gasteiger partial charge in [0.2, 0.25) is 0 Å². The number of ether oxygens (including phenoxy) is 1. The van der Waals surface area contributed by atoms with Gasteiger partial charge in [0.25, 0.3) is 0 Å². The summed E-state index contributed by atoms with van der Waals surface area (Å²) in [5, 5.41) is 4.37. The van der Waals surface area contributed by atoms with E-state index in [9.17, 15) is 0 Å². The Morgan fingerprint density at radius 2 is 2.14 bits per heavy atom. The summed E-state index contributed by atoms with van der Waals surface area (Å²) in [4.78, 5) is 0. The van der Waals surface area contributed by atoms with Crippen LogP contribution < -0.4 is 5.73 Å². The zero-order chi connectivity index (χ0) is 9.97. The topological polar surface area (TPSA) is 35.2 Å². The van der Waals surface area contributed by atoms with Crippen molar-refractivity contribution in [1.29, 1.82) is 0 Å². The van der Waals surface area contributed by atoms with E-state index in [1.807, 2.05) is 0 Å². The molecular weight excluding hydrogens is 194 g/mol. The molecule has 0 amide bonds. The first-order valence-electron chi connectivity index (χ1n) is 5.15. The smallest absolute Gasteiger partial charge is 0.0469 e. The van der Waals surface area contributed by atoms with Gasteiger partial charge in [0.15, 0.2) is 0 Å². The van der Waals surface area contributed by atoms with Crippen molar-refractivity contribution in [3.8, 4) is 0 Å². The van der Waals surface area contributed by atoms with Gasteiger partial charge in [-0.15, -0.1) is 0 Å². The molecule has 2 nitrogen and oxygen atoms in total. The van der Waals surface area contributed by atoms with Gasteiger partial charge < -0.3 is 10.5 Å². The van der Waals surface area contributed by atoms with Crippen LogP contribution in [0.2, 0.25) is 0 Å². The van der Waals surface area contributed by atoms with Crippen LogP contribution in [0, 0.1) is 12.8 Å². The van der Waals surface area contributed by atoms with Crippen LogP contribution >= 0.6 is 11.3 Å². The van der Waals surface area contributed by atoms with Gasteiger partial charge in [-0.3, -0.25) is 0 Å². The van der Waals surface area contributed by atoms with Crippen molar-refractivity contribution in [2.75, 3.05) is 13.2 Å². The van der Waals surface area contributed by atoms with Crippen LogP contribution in [0.15, 0.2) is 10.8 Å². The molecule has 0 radical (unpaired) electrons. The second-order valence-electron chi connectivity index (χ2n) is 3.99. The summed E-state index contributed by atoms with van der Waals surface area (Å²) < 4.78 is 5.34. The SMILES string of the molecule is Cc1cscc1C(N)C1CCOCC1. The van der Waals surface area contributed by atoms with Gasteiger partial charge in [-0.05, 0) is 47.6 Å². The van der Waals surface area contributed by atoms with E-state index in [0.29, 0.717) is 5.92 Å². The normalized spacial score (nSPS) is 21.0. The number of thiophene rings is 1. The lowest BCUT2D eigenvalue weighted by Gasteiger charge is -2.27. The van der Waals surface area contributed by atoms with Crippen LogP contribution in [0.1, 0.15) is 30.0 Å². The van der Waals surface area contributed by atoms with Crippen LogP contribution in [-0.2, 0) is 4.74 Å². The molecule has 1 unspecified atom stereocenters. The fourth-order valence-electron chi connectivity index (χ4n) is 2.04. The van der Waals surface area contributed by atoms with Crippen LogP contribution in [0.3, 0.4) is 0 Å². The molecule has 1 aromatic rings. The Kier molecular flexibility index (Phi) is 3.21. The standard InChI is InChI=1S/C11H17NOS/c1-8-6-14-7-10(8)11(12)9-2-4-13-5-3-9/h6-7,9,11H,2-5,12H2,1H3. The Balaban J connectivity index is 2.07. The van der Waals surface area contributed by atoms with Crippen molar-refractivity contribution < 1.29 is 4.74 Å². The maximum atomic E-state index is 6.27. The molecule has 0 aliphatic carbocycles. The van der Waals surface area contributed by atoms with E-state index in [1.54, 1.807) is 11.3 Å². The van der Waals surface area contributed by atoms with Gasteiger partial charge in [-0.1, -0.05) is 0 Å². The highest BCUT2D eigenvalue weighted by Crippen LogP contribution is 2.31. The molecular formula is C11H17NOS. The Labute approximate surface area is 89.1 Å². The highest BCUT2D eigenvalue weighted by Gasteiger charge is 2.23. The molecule has 3 heteroatoms. The van der Waals surface area contributed by atoms with Gasteiger partial charge in [-0.25, -0.2) is 0 Å².